The van der Waals surface area contributed by atoms with Gasteiger partial charge in [0, 0.05) is 6.07 Å². The highest BCUT2D eigenvalue weighted by Gasteiger charge is 2.18. The number of hydrazone groups is 1. The lowest BCUT2D eigenvalue weighted by Crippen LogP contribution is -2.12. The van der Waals surface area contributed by atoms with Crippen LogP contribution in [0.5, 0.6) is 0 Å². The Hall–Kier alpha value is -2.78. The summed E-state index contributed by atoms with van der Waals surface area (Å²) in [6, 6.07) is 10.8. The first-order valence-corrected chi connectivity index (χ1v) is 7.99. The molecule has 0 radical (unpaired) electrons. The third-order valence-electron chi connectivity index (χ3n) is 2.94. The second kappa shape index (κ2) is 6.55. The van der Waals surface area contributed by atoms with Crippen LogP contribution in [0.25, 0.3) is 0 Å². The molecule has 0 aliphatic rings. The lowest BCUT2D eigenvalue weighted by atomic mass is 10.2. The van der Waals surface area contributed by atoms with Gasteiger partial charge in [-0.15, -0.1) is 0 Å². The minimum absolute atomic E-state index is 0.0614. The quantitative estimate of drug-likeness (QED) is 0.491. The second-order valence-electron chi connectivity index (χ2n) is 4.77. The maximum atomic E-state index is 11.3. The van der Waals surface area contributed by atoms with Gasteiger partial charge in [0.1, 0.15) is 5.69 Å². The Morgan fingerprint density at radius 2 is 2.00 bits per heavy atom. The number of hydrogen-bond acceptors (Lipinski definition) is 6. The molecule has 0 unspecified atom stereocenters. The molecule has 0 saturated carbocycles. The van der Waals surface area contributed by atoms with Crippen molar-refractivity contribution in [1.29, 1.82) is 0 Å². The third-order valence-corrected chi connectivity index (χ3v) is 3.85. The van der Waals surface area contributed by atoms with Crippen LogP contribution < -0.4 is 10.6 Å². The Balaban J connectivity index is 2.27. The van der Waals surface area contributed by atoms with Crippen LogP contribution in [-0.4, -0.2) is 19.6 Å². The maximum absolute atomic E-state index is 11.3. The summed E-state index contributed by atoms with van der Waals surface area (Å²) < 4.78 is 22.5. The summed E-state index contributed by atoms with van der Waals surface area (Å²) in [7, 11) is -4.01. The highest BCUT2D eigenvalue weighted by molar-refractivity contribution is 7.89. The Morgan fingerprint density at radius 1 is 1.26 bits per heavy atom. The molecular formula is C14H14N4O4S. The van der Waals surface area contributed by atoms with Crippen LogP contribution in [0.2, 0.25) is 0 Å². The molecule has 0 spiro atoms. The summed E-state index contributed by atoms with van der Waals surface area (Å²) in [6.07, 6.45) is 1.50. The van der Waals surface area contributed by atoms with Gasteiger partial charge >= 0.3 is 0 Å². The van der Waals surface area contributed by atoms with Crippen LogP contribution in [-0.2, 0) is 10.0 Å². The van der Waals surface area contributed by atoms with Gasteiger partial charge in [-0.3, -0.25) is 15.5 Å². The number of nitro groups is 1. The molecule has 2 rings (SSSR count). The summed E-state index contributed by atoms with van der Waals surface area (Å²) in [5.74, 6) is 0. The van der Waals surface area contributed by atoms with Gasteiger partial charge in [-0.1, -0.05) is 29.8 Å². The number of nitrogens with two attached hydrogens (primary N) is 1. The third kappa shape index (κ3) is 4.34. The van der Waals surface area contributed by atoms with Crippen molar-refractivity contribution < 1.29 is 13.3 Å². The van der Waals surface area contributed by atoms with Crippen LogP contribution in [0.3, 0.4) is 0 Å². The number of nitrogens with zero attached hydrogens (tertiary/aromatic N) is 2. The molecule has 9 heteroatoms. The van der Waals surface area contributed by atoms with Gasteiger partial charge in [0.2, 0.25) is 10.0 Å². The minimum Gasteiger partial charge on any atom is -0.272 e. The predicted octanol–water partition coefficient (Wildman–Crippen LogP) is 2.00. The number of sulfonamides is 1. The summed E-state index contributed by atoms with van der Waals surface area (Å²) >= 11 is 0. The first-order chi connectivity index (χ1) is 10.8. The van der Waals surface area contributed by atoms with Crippen molar-refractivity contribution in [2.24, 2.45) is 10.2 Å². The summed E-state index contributed by atoms with van der Waals surface area (Å²) in [4.78, 5) is 10.0. The van der Waals surface area contributed by atoms with Gasteiger partial charge in [0.25, 0.3) is 5.69 Å². The Kier molecular flexibility index (Phi) is 4.72. The molecule has 8 nitrogen and oxygen atoms in total. The molecule has 2 aromatic rings. The number of aryl methyl sites for hydroxylation is 1. The van der Waals surface area contributed by atoms with E-state index in [1.165, 1.54) is 18.3 Å². The van der Waals surface area contributed by atoms with E-state index < -0.39 is 20.6 Å². The van der Waals surface area contributed by atoms with Crippen LogP contribution in [0.1, 0.15) is 11.1 Å². The van der Waals surface area contributed by atoms with E-state index in [2.05, 4.69) is 10.5 Å². The summed E-state index contributed by atoms with van der Waals surface area (Å²) in [5, 5.41) is 20.0. The Labute approximate surface area is 132 Å². The first kappa shape index (κ1) is 16.6. The van der Waals surface area contributed by atoms with Crippen LogP contribution in [0.15, 0.2) is 52.5 Å². The zero-order valence-corrected chi connectivity index (χ0v) is 12.9. The zero-order chi connectivity index (χ0) is 17.0. The monoisotopic (exact) mass is 334 g/mol. The van der Waals surface area contributed by atoms with Crippen molar-refractivity contribution in [3.63, 3.8) is 0 Å². The topological polar surface area (TPSA) is 128 Å². The molecule has 0 amide bonds. The lowest BCUT2D eigenvalue weighted by molar-refractivity contribution is -0.384. The van der Waals surface area contributed by atoms with E-state index in [0.29, 0.717) is 0 Å². The highest BCUT2D eigenvalue weighted by atomic mass is 32.2. The number of benzene rings is 2. The van der Waals surface area contributed by atoms with Gasteiger partial charge in [-0.2, -0.15) is 5.10 Å². The molecule has 0 atom stereocenters. The standard InChI is InChI=1S/C14H14N4O4S/c1-10-3-2-4-11(7-10)9-16-17-13-6-5-12(23(15,21)22)8-14(13)18(19)20/h2-9,17H,1H3,(H2,15,21,22)/b16-9-. The molecule has 0 aliphatic carbocycles. The minimum atomic E-state index is -4.01. The fourth-order valence-corrected chi connectivity index (χ4v) is 2.39. The molecule has 0 saturated heterocycles. The van der Waals surface area contributed by atoms with E-state index in [1.54, 1.807) is 0 Å². The molecule has 0 heterocycles. The van der Waals surface area contributed by atoms with Gasteiger partial charge in [0.15, 0.2) is 0 Å². The lowest BCUT2D eigenvalue weighted by Gasteiger charge is -2.04. The number of nitrogens with one attached hydrogen (secondary N) is 1. The second-order valence-corrected chi connectivity index (χ2v) is 6.33. The normalized spacial score (nSPS) is 11.6. The fraction of sp³-hybridized carbons (Fsp3) is 0.0714. The summed E-state index contributed by atoms with van der Waals surface area (Å²) in [6.45, 7) is 1.93. The molecule has 0 bridgehead atoms. The van der Waals surface area contributed by atoms with Crippen molar-refractivity contribution in [2.45, 2.75) is 11.8 Å². The molecule has 0 fully saturated rings. The smallest absolute Gasteiger partial charge is 0.272 e. The van der Waals surface area contributed by atoms with Gasteiger partial charge in [-0.05, 0) is 24.6 Å². The van der Waals surface area contributed by atoms with E-state index >= 15 is 0 Å². The van der Waals surface area contributed by atoms with Gasteiger partial charge in [0.05, 0.1) is 16.0 Å². The Morgan fingerprint density at radius 3 is 2.61 bits per heavy atom. The number of primary sulfonamides is 1. The van der Waals surface area contributed by atoms with Crippen LogP contribution in [0, 0.1) is 17.0 Å². The average Bonchev–Trinajstić information content (AvgIpc) is 2.46. The van der Waals surface area contributed by atoms with E-state index in [-0.39, 0.29) is 10.6 Å². The van der Waals surface area contributed by atoms with E-state index in [9.17, 15) is 18.5 Å². The van der Waals surface area contributed by atoms with Crippen molar-refractivity contribution in [2.75, 3.05) is 5.43 Å². The number of rotatable bonds is 5. The largest absolute Gasteiger partial charge is 0.295 e. The summed E-state index contributed by atoms with van der Waals surface area (Å²) in [5.41, 5.74) is 4.04. The van der Waals surface area contributed by atoms with E-state index in [0.717, 1.165) is 17.2 Å². The predicted molar refractivity (Wildman–Crippen MR) is 86.9 cm³/mol. The van der Waals surface area contributed by atoms with Crippen LogP contribution in [0.4, 0.5) is 11.4 Å². The molecule has 3 N–H and O–H groups in total. The first-order valence-electron chi connectivity index (χ1n) is 6.44. The SMILES string of the molecule is Cc1cccc(/C=N\Nc2ccc(S(N)(=O)=O)cc2[N+](=O)[O-])c1. The zero-order valence-electron chi connectivity index (χ0n) is 12.1. The number of nitro benzene ring substituents is 1. The molecular weight excluding hydrogens is 320 g/mol. The average molecular weight is 334 g/mol. The fourth-order valence-electron chi connectivity index (χ4n) is 1.86. The van der Waals surface area contributed by atoms with Crippen molar-refractivity contribution >= 4 is 27.6 Å². The molecule has 120 valence electrons. The number of hydrogen-bond donors (Lipinski definition) is 2. The maximum Gasteiger partial charge on any atom is 0.295 e. The molecule has 0 aromatic heterocycles. The van der Waals surface area contributed by atoms with E-state index in [1.807, 2.05) is 31.2 Å². The van der Waals surface area contributed by atoms with Crippen molar-refractivity contribution in [1.82, 2.24) is 0 Å². The van der Waals surface area contributed by atoms with Crippen molar-refractivity contribution in [3.05, 3.63) is 63.7 Å². The van der Waals surface area contributed by atoms with E-state index in [4.69, 9.17) is 5.14 Å². The van der Waals surface area contributed by atoms with Crippen LogP contribution >= 0.6 is 0 Å². The Bertz CT molecular complexity index is 878. The highest BCUT2D eigenvalue weighted by Crippen LogP contribution is 2.27. The molecule has 0 aliphatic heterocycles. The number of anilines is 1. The molecule has 2 aromatic carbocycles. The van der Waals surface area contributed by atoms with Gasteiger partial charge in [-0.25, -0.2) is 13.6 Å². The van der Waals surface area contributed by atoms with Crippen molar-refractivity contribution in [3.8, 4) is 0 Å². The van der Waals surface area contributed by atoms with Gasteiger partial charge < -0.3 is 0 Å². The molecule has 23 heavy (non-hydrogen) atoms.